The lowest BCUT2D eigenvalue weighted by molar-refractivity contribution is -0.173. The molecule has 0 aliphatic carbocycles. The van der Waals surface area contributed by atoms with Crippen LogP contribution in [0.5, 0.6) is 0 Å². The van der Waals surface area contributed by atoms with Crippen LogP contribution in [-0.4, -0.2) is 27.8 Å². The average Bonchev–Trinajstić information content (AvgIpc) is 3.27. The monoisotopic (exact) mass is 540 g/mol. The molecule has 0 aliphatic heterocycles. The van der Waals surface area contributed by atoms with E-state index in [0.29, 0.717) is 22.3 Å². The van der Waals surface area contributed by atoms with Crippen LogP contribution in [-0.2, 0) is 17.5 Å². The number of nitrogens with zero attached hydrogens (tertiary/aromatic N) is 2. The van der Waals surface area contributed by atoms with Crippen LogP contribution in [0.25, 0.3) is 16.6 Å². The smallest absolute Gasteiger partial charge is 0.344 e. The number of hydrogen-bond acceptors (Lipinski definition) is 3. The number of carbonyl (C=O) groups excluding carboxylic acids is 2. The van der Waals surface area contributed by atoms with Crippen LogP contribution in [0, 0.1) is 0 Å². The number of nitrogens with one attached hydrogen (secondary N) is 2. The van der Waals surface area contributed by atoms with Crippen molar-refractivity contribution >= 4 is 40.0 Å². The van der Waals surface area contributed by atoms with E-state index in [1.807, 2.05) is 0 Å². The minimum Gasteiger partial charge on any atom is -0.344 e. The van der Waals surface area contributed by atoms with Crippen molar-refractivity contribution in [1.82, 2.24) is 15.1 Å². The minimum atomic E-state index is -5.05. The Kier molecular flexibility index (Phi) is 6.87. The Labute approximate surface area is 209 Å². The van der Waals surface area contributed by atoms with Gasteiger partial charge in [0, 0.05) is 11.9 Å². The van der Waals surface area contributed by atoms with E-state index >= 15 is 0 Å². The van der Waals surface area contributed by atoms with Crippen molar-refractivity contribution in [3.8, 4) is 5.69 Å². The highest BCUT2D eigenvalue weighted by Crippen LogP contribution is 2.31. The first-order chi connectivity index (χ1) is 17.3. The van der Waals surface area contributed by atoms with Gasteiger partial charge in [-0.05, 0) is 54.1 Å². The second-order valence-electron chi connectivity index (χ2n) is 7.79. The Morgan fingerprint density at radius 1 is 0.946 bits per heavy atom. The van der Waals surface area contributed by atoms with Gasteiger partial charge in [-0.1, -0.05) is 23.7 Å². The van der Waals surface area contributed by atoms with Crippen LogP contribution in [0.15, 0.2) is 66.9 Å². The van der Waals surface area contributed by atoms with Crippen molar-refractivity contribution in [3.63, 3.8) is 0 Å². The quantitative estimate of drug-likeness (QED) is 0.299. The lowest BCUT2D eigenvalue weighted by Crippen LogP contribution is -2.36. The lowest BCUT2D eigenvalue weighted by Gasteiger charge is -2.12. The van der Waals surface area contributed by atoms with Gasteiger partial charge in [-0.3, -0.25) is 9.59 Å². The number of amides is 2. The third-order valence-corrected chi connectivity index (χ3v) is 5.62. The van der Waals surface area contributed by atoms with Gasteiger partial charge in [-0.2, -0.15) is 31.4 Å². The Morgan fingerprint density at radius 2 is 1.65 bits per heavy atom. The molecule has 1 heterocycles. The van der Waals surface area contributed by atoms with Crippen molar-refractivity contribution in [2.24, 2.45) is 0 Å². The molecule has 4 rings (SSSR count). The average molecular weight is 541 g/mol. The van der Waals surface area contributed by atoms with Crippen molar-refractivity contribution in [2.75, 3.05) is 5.32 Å². The van der Waals surface area contributed by atoms with Gasteiger partial charge in [0.1, 0.15) is 0 Å². The summed E-state index contributed by atoms with van der Waals surface area (Å²) in [6.07, 6.45) is -8.10. The van der Waals surface area contributed by atoms with Crippen molar-refractivity contribution < 1.29 is 35.9 Å². The predicted octanol–water partition coefficient (Wildman–Crippen LogP) is 6.13. The first-order valence-electron chi connectivity index (χ1n) is 10.4. The normalized spacial score (nSPS) is 12.0. The Balaban J connectivity index is 1.57. The van der Waals surface area contributed by atoms with Crippen molar-refractivity contribution in [3.05, 3.63) is 88.6 Å². The number of rotatable bonds is 5. The van der Waals surface area contributed by atoms with Crippen LogP contribution in [0.2, 0.25) is 5.02 Å². The summed E-state index contributed by atoms with van der Waals surface area (Å²) in [4.78, 5) is 24.0. The summed E-state index contributed by atoms with van der Waals surface area (Å²) < 4.78 is 77.3. The number of fused-ring (bicyclic) bond motifs is 1. The highest BCUT2D eigenvalue weighted by Gasteiger charge is 2.38. The summed E-state index contributed by atoms with van der Waals surface area (Å²) in [5, 5.41) is 9.09. The number of halogens is 7. The molecule has 0 saturated carbocycles. The Hall–Kier alpha value is -4.06. The van der Waals surface area contributed by atoms with Crippen molar-refractivity contribution in [2.45, 2.75) is 18.9 Å². The number of carbonyl (C=O) groups is 2. The first kappa shape index (κ1) is 26.0. The maximum Gasteiger partial charge on any atom is 0.471 e. The minimum absolute atomic E-state index is 0.0241. The number of anilines is 1. The van der Waals surface area contributed by atoms with Crippen LogP contribution < -0.4 is 10.6 Å². The maximum atomic E-state index is 12.9. The van der Waals surface area contributed by atoms with Gasteiger partial charge < -0.3 is 10.6 Å². The molecule has 0 saturated heterocycles. The van der Waals surface area contributed by atoms with Crippen LogP contribution in [0.3, 0.4) is 0 Å². The predicted molar refractivity (Wildman–Crippen MR) is 123 cm³/mol. The van der Waals surface area contributed by atoms with E-state index < -0.39 is 36.3 Å². The number of alkyl halides is 6. The highest BCUT2D eigenvalue weighted by atomic mass is 35.5. The van der Waals surface area contributed by atoms with Gasteiger partial charge in [0.05, 0.1) is 39.2 Å². The zero-order valence-electron chi connectivity index (χ0n) is 18.4. The van der Waals surface area contributed by atoms with E-state index in [4.69, 9.17) is 11.6 Å². The fraction of sp³-hybridized carbons (Fsp3) is 0.125. The van der Waals surface area contributed by atoms with E-state index in [9.17, 15) is 35.9 Å². The molecule has 13 heteroatoms. The third kappa shape index (κ3) is 5.69. The van der Waals surface area contributed by atoms with Crippen molar-refractivity contribution in [1.29, 1.82) is 0 Å². The van der Waals surface area contributed by atoms with Gasteiger partial charge in [0.2, 0.25) is 0 Å². The standard InChI is InChI=1S/C24H15ClF6N4O2/c25-18-9-4-13(11-32-22(37)24(29,30)31)10-16(18)21(36)34-19-2-1-3-20-17(19)12-33-35(20)15-7-5-14(6-8-15)23(26,27)28/h1-10,12H,11H2,(H,32,37)(H,34,36). The van der Waals surface area contributed by atoms with Gasteiger partial charge >= 0.3 is 18.3 Å². The largest absolute Gasteiger partial charge is 0.471 e. The SMILES string of the molecule is O=C(Nc1cccc2c1cnn2-c1ccc(C(F)(F)F)cc1)c1cc(CNC(=O)C(F)(F)F)ccc1Cl. The molecule has 0 atom stereocenters. The van der Waals surface area contributed by atoms with Gasteiger partial charge in [-0.15, -0.1) is 0 Å². The van der Waals surface area contributed by atoms with E-state index in [2.05, 4.69) is 10.4 Å². The zero-order chi connectivity index (χ0) is 27.0. The molecule has 0 radical (unpaired) electrons. The lowest BCUT2D eigenvalue weighted by atomic mass is 10.1. The summed E-state index contributed by atoms with van der Waals surface area (Å²) in [5.74, 6) is -2.80. The molecule has 192 valence electrons. The molecule has 4 aromatic rings. The van der Waals surface area contributed by atoms with Gasteiger partial charge in [0.15, 0.2) is 0 Å². The zero-order valence-corrected chi connectivity index (χ0v) is 19.2. The fourth-order valence-corrected chi connectivity index (χ4v) is 3.69. The molecule has 0 unspecified atom stereocenters. The molecule has 0 spiro atoms. The van der Waals surface area contributed by atoms with Crippen LogP contribution >= 0.6 is 11.6 Å². The summed E-state index contributed by atoms with van der Waals surface area (Å²) in [7, 11) is 0. The van der Waals surface area contributed by atoms with E-state index in [1.54, 1.807) is 23.5 Å². The second kappa shape index (κ2) is 9.77. The molecule has 37 heavy (non-hydrogen) atoms. The molecule has 0 aliphatic rings. The maximum absolute atomic E-state index is 12.9. The molecule has 0 bridgehead atoms. The first-order valence-corrected chi connectivity index (χ1v) is 10.8. The Bertz CT molecular complexity index is 1480. The number of benzene rings is 3. The molecule has 2 N–H and O–H groups in total. The van der Waals surface area contributed by atoms with E-state index in [-0.39, 0.29) is 16.1 Å². The third-order valence-electron chi connectivity index (χ3n) is 5.29. The van der Waals surface area contributed by atoms with Gasteiger partial charge in [-0.25, -0.2) is 4.68 Å². The molecule has 1 aromatic heterocycles. The van der Waals surface area contributed by atoms with Crippen LogP contribution in [0.1, 0.15) is 21.5 Å². The molecule has 0 fully saturated rings. The molecule has 3 aromatic carbocycles. The number of aromatic nitrogens is 2. The van der Waals surface area contributed by atoms with E-state index in [0.717, 1.165) is 12.1 Å². The summed E-state index contributed by atoms with van der Waals surface area (Å²) in [6.45, 7) is -0.481. The number of hydrogen-bond donors (Lipinski definition) is 2. The second-order valence-corrected chi connectivity index (χ2v) is 8.20. The molecular weight excluding hydrogens is 526 g/mol. The topological polar surface area (TPSA) is 76.0 Å². The van der Waals surface area contributed by atoms with E-state index in [1.165, 1.54) is 41.2 Å². The molecule has 6 nitrogen and oxygen atoms in total. The summed E-state index contributed by atoms with van der Waals surface area (Å²) >= 11 is 6.12. The van der Waals surface area contributed by atoms with Gasteiger partial charge in [0.25, 0.3) is 5.91 Å². The Morgan fingerprint density at radius 3 is 2.30 bits per heavy atom. The summed E-state index contributed by atoms with van der Waals surface area (Å²) in [5.41, 5.74) is 0.522. The van der Waals surface area contributed by atoms with Crippen LogP contribution in [0.4, 0.5) is 32.0 Å². The molecule has 2 amide bonds. The summed E-state index contributed by atoms with van der Waals surface area (Å²) in [6, 6.07) is 13.2. The molecular formula is C24H15ClF6N4O2. The highest BCUT2D eigenvalue weighted by molar-refractivity contribution is 6.34. The fourth-order valence-electron chi connectivity index (χ4n) is 3.49.